The maximum atomic E-state index is 12.8. The highest BCUT2D eigenvalue weighted by Gasteiger charge is 2.58. The molecule has 1 amide bonds. The summed E-state index contributed by atoms with van der Waals surface area (Å²) >= 11 is 6.27. The normalized spacial score (nSPS) is 26.4. The van der Waals surface area contributed by atoms with E-state index in [2.05, 4.69) is 11.5 Å². The lowest BCUT2D eigenvalue weighted by atomic mass is 9.81. The Labute approximate surface area is 146 Å². The number of rotatable bonds is 4. The van der Waals surface area contributed by atoms with Gasteiger partial charge in [-0.2, -0.15) is 0 Å². The van der Waals surface area contributed by atoms with Gasteiger partial charge >= 0.3 is 5.97 Å². The predicted octanol–water partition coefficient (Wildman–Crippen LogP) is 2.29. The molecule has 3 rings (SSSR count). The van der Waals surface area contributed by atoms with Crippen molar-refractivity contribution in [2.24, 2.45) is 11.3 Å². The van der Waals surface area contributed by atoms with Crippen molar-refractivity contribution in [2.45, 2.75) is 6.92 Å². The second kappa shape index (κ2) is 6.22. The number of benzene rings is 1. The van der Waals surface area contributed by atoms with Crippen molar-refractivity contribution in [3.8, 4) is 0 Å². The van der Waals surface area contributed by atoms with Gasteiger partial charge < -0.3 is 10.0 Å². The average Bonchev–Trinajstić information content (AvgIpc) is 3.04. The van der Waals surface area contributed by atoms with E-state index >= 15 is 0 Å². The first kappa shape index (κ1) is 17.0. The summed E-state index contributed by atoms with van der Waals surface area (Å²) in [5, 5.41) is 10.3. The lowest BCUT2D eigenvalue weighted by molar-refractivity contribution is -0.148. The SMILES string of the molecule is C=CCN1CC2CN(C(=O)c3cccc(C)c3Cl)CC2(C(=O)O)C1. The van der Waals surface area contributed by atoms with Gasteiger partial charge in [0.2, 0.25) is 0 Å². The third-order valence-electron chi connectivity index (χ3n) is 5.20. The van der Waals surface area contributed by atoms with Crippen molar-refractivity contribution in [3.63, 3.8) is 0 Å². The summed E-state index contributed by atoms with van der Waals surface area (Å²) in [7, 11) is 0. The van der Waals surface area contributed by atoms with Crippen LogP contribution < -0.4 is 0 Å². The molecule has 0 radical (unpaired) electrons. The van der Waals surface area contributed by atoms with Crippen LogP contribution in [0.1, 0.15) is 15.9 Å². The number of halogens is 1. The molecule has 5 nitrogen and oxygen atoms in total. The zero-order valence-corrected chi connectivity index (χ0v) is 14.4. The number of amides is 1. The van der Waals surface area contributed by atoms with E-state index in [4.69, 9.17) is 11.6 Å². The van der Waals surface area contributed by atoms with E-state index < -0.39 is 11.4 Å². The van der Waals surface area contributed by atoms with E-state index in [1.54, 1.807) is 23.1 Å². The Morgan fingerprint density at radius 1 is 1.42 bits per heavy atom. The van der Waals surface area contributed by atoms with Gasteiger partial charge in [-0.3, -0.25) is 14.5 Å². The first-order valence-electron chi connectivity index (χ1n) is 8.00. The Hall–Kier alpha value is -1.85. The molecule has 1 N–H and O–H groups in total. The third kappa shape index (κ3) is 2.62. The predicted molar refractivity (Wildman–Crippen MR) is 92.3 cm³/mol. The molecule has 2 atom stereocenters. The van der Waals surface area contributed by atoms with E-state index in [0.717, 1.165) is 5.56 Å². The van der Waals surface area contributed by atoms with Crippen LogP contribution in [0.25, 0.3) is 0 Å². The van der Waals surface area contributed by atoms with Gasteiger partial charge in [-0.05, 0) is 18.6 Å². The molecular weight excluding hydrogens is 328 g/mol. The second-order valence-electron chi connectivity index (χ2n) is 6.76. The smallest absolute Gasteiger partial charge is 0.313 e. The molecule has 2 aliphatic heterocycles. The third-order valence-corrected chi connectivity index (χ3v) is 5.70. The number of hydrogen-bond acceptors (Lipinski definition) is 3. The molecule has 1 aromatic carbocycles. The number of likely N-dealkylation sites (tertiary alicyclic amines) is 2. The number of carboxylic acid groups (broad SMARTS) is 1. The van der Waals surface area contributed by atoms with Crippen LogP contribution in [0, 0.1) is 18.3 Å². The number of carbonyl (C=O) groups is 2. The van der Waals surface area contributed by atoms with Gasteiger partial charge in [0.05, 0.1) is 10.6 Å². The summed E-state index contributed by atoms with van der Waals surface area (Å²) in [6.45, 7) is 8.03. The quantitative estimate of drug-likeness (QED) is 0.848. The molecule has 2 saturated heterocycles. The first-order valence-corrected chi connectivity index (χ1v) is 8.38. The standard InChI is InChI=1S/C18H21ClN2O3/c1-3-7-20-8-13-9-21(11-18(13,10-20)17(23)24)16(22)14-6-4-5-12(2)15(14)19/h3-6,13H,1,7-11H2,2H3,(H,23,24). The number of aryl methyl sites for hydroxylation is 1. The number of nitrogens with zero attached hydrogens (tertiary/aromatic N) is 2. The van der Waals surface area contributed by atoms with Crippen molar-refractivity contribution in [3.05, 3.63) is 47.0 Å². The van der Waals surface area contributed by atoms with Crippen LogP contribution in [0.2, 0.25) is 5.02 Å². The summed E-state index contributed by atoms with van der Waals surface area (Å²) in [6, 6.07) is 5.34. The highest BCUT2D eigenvalue weighted by Crippen LogP contribution is 2.43. The van der Waals surface area contributed by atoms with Crippen molar-refractivity contribution in [1.82, 2.24) is 9.80 Å². The molecule has 0 saturated carbocycles. The highest BCUT2D eigenvalue weighted by atomic mass is 35.5. The van der Waals surface area contributed by atoms with Crippen LogP contribution in [0.5, 0.6) is 0 Å². The first-order chi connectivity index (χ1) is 11.4. The number of hydrogen-bond donors (Lipinski definition) is 1. The maximum Gasteiger partial charge on any atom is 0.313 e. The van der Waals surface area contributed by atoms with Gasteiger partial charge in [0.1, 0.15) is 5.41 Å². The number of carbonyl (C=O) groups excluding carboxylic acids is 1. The highest BCUT2D eigenvalue weighted by molar-refractivity contribution is 6.34. The molecular formula is C18H21ClN2O3. The van der Waals surface area contributed by atoms with Crippen LogP contribution in [0.3, 0.4) is 0 Å². The molecule has 0 bridgehead atoms. The van der Waals surface area contributed by atoms with Gasteiger partial charge in [-0.25, -0.2) is 0 Å². The summed E-state index contributed by atoms with van der Waals surface area (Å²) in [4.78, 5) is 28.5. The molecule has 128 valence electrons. The van der Waals surface area contributed by atoms with Gasteiger partial charge in [0.15, 0.2) is 0 Å². The summed E-state index contributed by atoms with van der Waals surface area (Å²) in [6.07, 6.45) is 1.78. The molecule has 2 fully saturated rings. The maximum absolute atomic E-state index is 12.8. The monoisotopic (exact) mass is 348 g/mol. The zero-order valence-electron chi connectivity index (χ0n) is 13.7. The van der Waals surface area contributed by atoms with E-state index in [1.165, 1.54) is 0 Å². The number of carboxylic acids is 1. The molecule has 2 aliphatic rings. The summed E-state index contributed by atoms with van der Waals surface area (Å²) in [5.74, 6) is -1.08. The minimum atomic E-state index is -0.894. The summed E-state index contributed by atoms with van der Waals surface area (Å²) in [5.41, 5.74) is 0.391. The largest absolute Gasteiger partial charge is 0.481 e. The Morgan fingerprint density at radius 3 is 2.79 bits per heavy atom. The topological polar surface area (TPSA) is 60.9 Å². The second-order valence-corrected chi connectivity index (χ2v) is 7.14. The molecule has 1 aromatic rings. The van der Waals surface area contributed by atoms with Crippen molar-refractivity contribution >= 4 is 23.5 Å². The van der Waals surface area contributed by atoms with E-state index in [9.17, 15) is 14.7 Å². The Morgan fingerprint density at radius 2 is 2.17 bits per heavy atom. The lowest BCUT2D eigenvalue weighted by Crippen LogP contribution is -2.42. The lowest BCUT2D eigenvalue weighted by Gasteiger charge is -2.25. The van der Waals surface area contributed by atoms with Crippen molar-refractivity contribution < 1.29 is 14.7 Å². The van der Waals surface area contributed by atoms with Gasteiger partial charge in [0.25, 0.3) is 5.91 Å². The van der Waals surface area contributed by atoms with Gasteiger partial charge in [-0.15, -0.1) is 6.58 Å². The van der Waals surface area contributed by atoms with Crippen LogP contribution in [-0.4, -0.2) is 59.5 Å². The van der Waals surface area contributed by atoms with Crippen molar-refractivity contribution in [1.29, 1.82) is 0 Å². The Balaban J connectivity index is 1.84. The van der Waals surface area contributed by atoms with Crippen molar-refractivity contribution in [2.75, 3.05) is 32.7 Å². The number of aliphatic carboxylic acids is 1. The molecule has 24 heavy (non-hydrogen) atoms. The van der Waals surface area contributed by atoms with Crippen LogP contribution in [-0.2, 0) is 4.79 Å². The average molecular weight is 349 g/mol. The zero-order chi connectivity index (χ0) is 17.5. The molecule has 0 spiro atoms. The number of fused-ring (bicyclic) bond motifs is 1. The molecule has 2 unspecified atom stereocenters. The van der Waals surface area contributed by atoms with E-state index in [-0.39, 0.29) is 18.4 Å². The van der Waals surface area contributed by atoms with E-state index in [1.807, 2.05) is 13.0 Å². The van der Waals surface area contributed by atoms with Crippen LogP contribution >= 0.6 is 11.6 Å². The fourth-order valence-electron chi connectivity index (χ4n) is 3.93. The minimum Gasteiger partial charge on any atom is -0.481 e. The molecule has 0 aromatic heterocycles. The Bertz CT molecular complexity index is 706. The fraction of sp³-hybridized carbons (Fsp3) is 0.444. The van der Waals surface area contributed by atoms with Gasteiger partial charge in [-0.1, -0.05) is 29.8 Å². The molecule has 6 heteroatoms. The molecule has 2 heterocycles. The molecule has 0 aliphatic carbocycles. The Kier molecular flexibility index (Phi) is 4.40. The van der Waals surface area contributed by atoms with E-state index in [0.29, 0.717) is 36.8 Å². The fourth-order valence-corrected chi connectivity index (χ4v) is 4.14. The van der Waals surface area contributed by atoms with Gasteiger partial charge in [0, 0.05) is 38.6 Å². The van der Waals surface area contributed by atoms with Crippen LogP contribution in [0.15, 0.2) is 30.9 Å². The van der Waals surface area contributed by atoms with Crippen LogP contribution in [0.4, 0.5) is 0 Å². The summed E-state index contributed by atoms with van der Waals surface area (Å²) < 4.78 is 0. The minimum absolute atomic E-state index is 0.0671.